The molecule has 6 atom stereocenters. The van der Waals surface area contributed by atoms with Crippen molar-refractivity contribution in [2.75, 3.05) is 32.8 Å². The van der Waals surface area contributed by atoms with Gasteiger partial charge in [-0.15, -0.1) is 0 Å². The molecule has 2 heterocycles. The molecule has 7 nitrogen and oxygen atoms in total. The summed E-state index contributed by atoms with van der Waals surface area (Å²) in [7, 11) is 0. The van der Waals surface area contributed by atoms with Crippen LogP contribution in [0, 0.1) is 53.3 Å². The Labute approximate surface area is 236 Å². The molecule has 5 fully saturated rings. The van der Waals surface area contributed by atoms with Crippen molar-refractivity contribution in [3.8, 4) is 11.8 Å². The average Bonchev–Trinajstić information content (AvgIpc) is 3.54. The first-order chi connectivity index (χ1) is 19.1. The van der Waals surface area contributed by atoms with Gasteiger partial charge in [-0.1, -0.05) is 31.6 Å². The van der Waals surface area contributed by atoms with Gasteiger partial charge in [0.25, 0.3) is 0 Å². The van der Waals surface area contributed by atoms with Crippen LogP contribution in [0.1, 0.15) is 90.4 Å². The van der Waals surface area contributed by atoms with E-state index in [0.717, 1.165) is 50.5 Å². The summed E-state index contributed by atoms with van der Waals surface area (Å²) >= 11 is 0. The number of fused-ring (bicyclic) bond motifs is 1. The molecule has 39 heavy (non-hydrogen) atoms. The van der Waals surface area contributed by atoms with Crippen LogP contribution in [0.25, 0.3) is 0 Å². The molecule has 7 heteroatoms. The van der Waals surface area contributed by atoms with E-state index in [0.29, 0.717) is 42.8 Å². The molecule has 0 radical (unpaired) electrons. The van der Waals surface area contributed by atoms with E-state index in [4.69, 9.17) is 4.84 Å². The van der Waals surface area contributed by atoms with E-state index in [1.165, 1.54) is 51.4 Å². The predicted molar refractivity (Wildman–Crippen MR) is 152 cm³/mol. The van der Waals surface area contributed by atoms with Crippen LogP contribution in [-0.4, -0.2) is 72.2 Å². The van der Waals surface area contributed by atoms with Crippen LogP contribution in [0.5, 0.6) is 0 Å². The summed E-state index contributed by atoms with van der Waals surface area (Å²) in [5, 5.41) is 28.7. The van der Waals surface area contributed by atoms with Crippen molar-refractivity contribution >= 4 is 5.91 Å². The highest BCUT2D eigenvalue weighted by Gasteiger charge is 2.47. The molecule has 3 unspecified atom stereocenters. The molecule has 5 rings (SSSR count). The molecule has 4 N–H and O–H groups in total. The maximum Gasteiger partial charge on any atom is 0.240 e. The van der Waals surface area contributed by atoms with Crippen LogP contribution in [-0.2, 0) is 9.63 Å². The van der Waals surface area contributed by atoms with Gasteiger partial charge in [0.15, 0.2) is 0 Å². The summed E-state index contributed by atoms with van der Waals surface area (Å²) in [5.41, 5.74) is 0. The van der Waals surface area contributed by atoms with Crippen LogP contribution in [0.4, 0.5) is 0 Å². The van der Waals surface area contributed by atoms with Crippen LogP contribution < -0.4 is 10.6 Å². The first-order valence-electron chi connectivity index (χ1n) is 16.2. The predicted octanol–water partition coefficient (Wildman–Crippen LogP) is 3.49. The summed E-state index contributed by atoms with van der Waals surface area (Å²) < 4.78 is 0. The van der Waals surface area contributed by atoms with E-state index in [-0.39, 0.29) is 19.1 Å². The Morgan fingerprint density at radius 1 is 0.949 bits per heavy atom. The zero-order valence-electron chi connectivity index (χ0n) is 24.2. The third kappa shape index (κ3) is 7.38. The maximum atomic E-state index is 13.4. The van der Waals surface area contributed by atoms with E-state index in [1.54, 1.807) is 5.06 Å². The second kappa shape index (κ2) is 14.1. The van der Waals surface area contributed by atoms with Crippen LogP contribution in [0.15, 0.2) is 0 Å². The first-order valence-corrected chi connectivity index (χ1v) is 16.2. The van der Waals surface area contributed by atoms with Gasteiger partial charge in [0, 0.05) is 36.9 Å². The fraction of sp³-hybridized carbons (Fsp3) is 0.906. The van der Waals surface area contributed by atoms with Gasteiger partial charge < -0.3 is 20.8 Å². The zero-order chi connectivity index (χ0) is 27.2. The molecule has 0 aromatic carbocycles. The normalized spacial score (nSPS) is 41.0. The van der Waals surface area contributed by atoms with E-state index in [9.17, 15) is 15.0 Å². The number of carbonyl (C=O) groups is 1. The van der Waals surface area contributed by atoms with Gasteiger partial charge in [-0.2, -0.15) is 5.06 Å². The van der Waals surface area contributed by atoms with Crippen molar-refractivity contribution in [2.45, 2.75) is 109 Å². The van der Waals surface area contributed by atoms with Crippen molar-refractivity contribution in [3.63, 3.8) is 0 Å². The summed E-state index contributed by atoms with van der Waals surface area (Å²) in [4.78, 5) is 19.5. The summed E-state index contributed by atoms with van der Waals surface area (Å²) in [6, 6.07) is 0.113. The van der Waals surface area contributed by atoms with Crippen LogP contribution in [0.3, 0.4) is 0 Å². The molecule has 0 bridgehead atoms. The third-order valence-electron chi connectivity index (χ3n) is 10.8. The van der Waals surface area contributed by atoms with Crippen molar-refractivity contribution in [1.82, 2.24) is 15.7 Å². The highest BCUT2D eigenvalue weighted by molar-refractivity contribution is 5.82. The number of aliphatic hydroxyl groups excluding tert-OH is 2. The maximum absolute atomic E-state index is 13.4. The van der Waals surface area contributed by atoms with Crippen molar-refractivity contribution in [2.24, 2.45) is 41.4 Å². The van der Waals surface area contributed by atoms with Gasteiger partial charge in [-0.3, -0.25) is 9.63 Å². The van der Waals surface area contributed by atoms with Crippen LogP contribution in [0.2, 0.25) is 0 Å². The van der Waals surface area contributed by atoms with E-state index < -0.39 is 18.1 Å². The Hall–Kier alpha value is -1.17. The molecule has 0 spiro atoms. The number of rotatable bonds is 8. The smallest absolute Gasteiger partial charge is 0.240 e. The Balaban J connectivity index is 1.10. The van der Waals surface area contributed by atoms with Crippen molar-refractivity contribution in [1.29, 1.82) is 0 Å². The van der Waals surface area contributed by atoms with E-state index in [1.807, 2.05) is 0 Å². The molecule has 3 aliphatic carbocycles. The number of hydrogen-bond donors (Lipinski definition) is 4. The lowest BCUT2D eigenvalue weighted by atomic mass is 9.79. The Morgan fingerprint density at radius 2 is 1.64 bits per heavy atom. The second-order valence-electron chi connectivity index (χ2n) is 13.5. The lowest BCUT2D eigenvalue weighted by Gasteiger charge is -2.32. The molecule has 5 aliphatic rings. The largest absolute Gasteiger partial charge is 0.396 e. The minimum absolute atomic E-state index is 0.0718. The number of carbonyl (C=O) groups excluding carboxylic acids is 1. The molecule has 2 saturated heterocycles. The minimum Gasteiger partial charge on any atom is -0.396 e. The zero-order valence-corrected chi connectivity index (χ0v) is 24.2. The second-order valence-corrected chi connectivity index (χ2v) is 13.5. The highest BCUT2D eigenvalue weighted by Crippen LogP contribution is 2.37. The van der Waals surface area contributed by atoms with Gasteiger partial charge in [0.2, 0.25) is 5.91 Å². The topological polar surface area (TPSA) is 94.1 Å². The van der Waals surface area contributed by atoms with Crippen molar-refractivity contribution < 1.29 is 19.8 Å². The number of aliphatic hydroxyl groups is 2. The lowest BCUT2D eigenvalue weighted by molar-refractivity contribution is -0.182. The van der Waals surface area contributed by atoms with Crippen molar-refractivity contribution in [3.05, 3.63) is 0 Å². The summed E-state index contributed by atoms with van der Waals surface area (Å²) in [6.45, 7) is 4.38. The highest BCUT2D eigenvalue weighted by atomic mass is 16.7. The molecule has 220 valence electrons. The Bertz CT molecular complexity index is 842. The fourth-order valence-corrected chi connectivity index (χ4v) is 8.22. The molecular weight excluding hydrogens is 490 g/mol. The number of hydrogen-bond acceptors (Lipinski definition) is 6. The SMILES string of the molecule is CC1CCC(C#CC2CCC(CN3O[C@@H](CO)[C@@H](CO)[C@H]3C(=O)NCCC3CNC4CCCCC34)CC2)CC1. The Kier molecular flexibility index (Phi) is 10.6. The fourth-order valence-electron chi connectivity index (χ4n) is 8.22. The standard InChI is InChI=1S/C32H53N3O4/c1-22-6-8-23(9-7-22)10-11-24-12-14-25(15-13-24)19-35-31(28(20-36)30(21-37)39-35)32(38)33-17-16-26-18-34-29-5-3-2-4-27(26)29/h22-31,34,36-37H,2-9,12-21H2,1H3,(H,33,38)/t22?,23?,24?,25?,26?,27?,28-,29?,30+,31+/m1/s1. The van der Waals surface area contributed by atoms with Gasteiger partial charge >= 0.3 is 0 Å². The molecule has 1 amide bonds. The molecule has 3 saturated carbocycles. The van der Waals surface area contributed by atoms with Gasteiger partial charge in [0.1, 0.15) is 12.1 Å². The average molecular weight is 544 g/mol. The Morgan fingerprint density at radius 3 is 2.33 bits per heavy atom. The lowest BCUT2D eigenvalue weighted by Crippen LogP contribution is -2.49. The molecule has 0 aromatic heterocycles. The van der Waals surface area contributed by atoms with Gasteiger partial charge in [0.05, 0.1) is 13.2 Å². The van der Waals surface area contributed by atoms with E-state index in [2.05, 4.69) is 29.4 Å². The van der Waals surface area contributed by atoms with Crippen LogP contribution >= 0.6 is 0 Å². The number of nitrogens with one attached hydrogen (secondary N) is 2. The summed E-state index contributed by atoms with van der Waals surface area (Å²) in [6.07, 6.45) is 15.2. The van der Waals surface area contributed by atoms with Gasteiger partial charge in [-0.25, -0.2) is 0 Å². The molecule has 2 aliphatic heterocycles. The number of amides is 1. The van der Waals surface area contributed by atoms with Gasteiger partial charge in [-0.05, 0) is 101 Å². The summed E-state index contributed by atoms with van der Waals surface area (Å²) in [5.74, 6) is 10.5. The number of nitrogens with zero attached hydrogens (tertiary/aromatic N) is 1. The molecule has 0 aromatic rings. The first kappa shape index (κ1) is 29.3. The quantitative estimate of drug-likeness (QED) is 0.350. The molecular formula is C32H53N3O4. The third-order valence-corrected chi connectivity index (χ3v) is 10.8. The minimum atomic E-state index is -0.553. The monoisotopic (exact) mass is 543 g/mol. The van der Waals surface area contributed by atoms with E-state index >= 15 is 0 Å². The number of hydroxylamine groups is 2.